The van der Waals surface area contributed by atoms with Crippen LogP contribution in [0.5, 0.6) is 0 Å². The van der Waals surface area contributed by atoms with Crippen molar-refractivity contribution in [1.82, 2.24) is 10.2 Å². The van der Waals surface area contributed by atoms with E-state index in [9.17, 15) is 0 Å². The Bertz CT molecular complexity index is 113. The number of nitrogens with one attached hydrogen (secondary N) is 1. The number of hydrogen-bond acceptors (Lipinski definition) is 2. The van der Waals surface area contributed by atoms with Gasteiger partial charge in [-0.15, -0.1) is 11.6 Å². The predicted molar refractivity (Wildman–Crippen MR) is 56.0 cm³/mol. The number of likely N-dealkylation sites (N-methyl/N-ethyl adjacent to an activating group) is 1. The second kappa shape index (κ2) is 5.79. The fraction of sp³-hybridized carbons (Fsp3) is 1.00. The van der Waals surface area contributed by atoms with E-state index in [-0.39, 0.29) is 5.54 Å². The molecule has 0 heterocycles. The zero-order valence-electron chi connectivity index (χ0n) is 8.65. The lowest BCUT2D eigenvalue weighted by atomic mass is 10.0. The van der Waals surface area contributed by atoms with Gasteiger partial charge in [0.1, 0.15) is 0 Å². The van der Waals surface area contributed by atoms with Gasteiger partial charge < -0.3 is 10.2 Å². The van der Waals surface area contributed by atoms with E-state index in [0.717, 1.165) is 25.4 Å². The van der Waals surface area contributed by atoms with Crippen molar-refractivity contribution >= 4 is 11.6 Å². The van der Waals surface area contributed by atoms with Gasteiger partial charge in [-0.3, -0.25) is 0 Å². The molecule has 0 aromatic rings. The van der Waals surface area contributed by atoms with Gasteiger partial charge in [-0.1, -0.05) is 0 Å². The molecule has 12 heavy (non-hydrogen) atoms. The summed E-state index contributed by atoms with van der Waals surface area (Å²) >= 11 is 5.68. The summed E-state index contributed by atoms with van der Waals surface area (Å²) < 4.78 is 0. The molecule has 0 saturated heterocycles. The first-order chi connectivity index (χ1) is 5.48. The van der Waals surface area contributed by atoms with E-state index in [1.165, 1.54) is 0 Å². The molecule has 1 N–H and O–H groups in total. The van der Waals surface area contributed by atoms with Crippen molar-refractivity contribution in [2.45, 2.75) is 25.8 Å². The van der Waals surface area contributed by atoms with E-state index in [1.807, 2.05) is 0 Å². The average molecular weight is 193 g/mol. The lowest BCUT2D eigenvalue weighted by Gasteiger charge is -2.26. The van der Waals surface area contributed by atoms with Crippen molar-refractivity contribution in [3.63, 3.8) is 0 Å². The van der Waals surface area contributed by atoms with Crippen LogP contribution in [0.15, 0.2) is 0 Å². The van der Waals surface area contributed by atoms with E-state index < -0.39 is 0 Å². The Labute approximate surface area is 81.3 Å². The molecule has 0 saturated carbocycles. The minimum atomic E-state index is 0.178. The molecule has 0 unspecified atom stereocenters. The monoisotopic (exact) mass is 192 g/mol. The zero-order valence-corrected chi connectivity index (χ0v) is 9.41. The van der Waals surface area contributed by atoms with Crippen molar-refractivity contribution in [1.29, 1.82) is 0 Å². The van der Waals surface area contributed by atoms with Gasteiger partial charge in [-0.2, -0.15) is 0 Å². The fourth-order valence-corrected chi connectivity index (χ4v) is 1.41. The molecule has 0 aromatic heterocycles. The van der Waals surface area contributed by atoms with Gasteiger partial charge in [0.2, 0.25) is 0 Å². The third-order valence-electron chi connectivity index (χ3n) is 1.88. The van der Waals surface area contributed by atoms with E-state index >= 15 is 0 Å². The van der Waals surface area contributed by atoms with E-state index in [1.54, 1.807) is 0 Å². The Morgan fingerprint density at radius 2 is 1.92 bits per heavy atom. The first-order valence-electron chi connectivity index (χ1n) is 4.44. The van der Waals surface area contributed by atoms with Crippen LogP contribution in [0.3, 0.4) is 0 Å². The smallest absolute Gasteiger partial charge is 0.0240 e. The number of alkyl halides is 1. The van der Waals surface area contributed by atoms with Crippen molar-refractivity contribution in [2.75, 3.05) is 33.1 Å². The maximum Gasteiger partial charge on any atom is 0.0240 e. The van der Waals surface area contributed by atoms with Gasteiger partial charge in [-0.25, -0.2) is 0 Å². The minimum absolute atomic E-state index is 0.178. The van der Waals surface area contributed by atoms with Crippen LogP contribution in [0.25, 0.3) is 0 Å². The van der Waals surface area contributed by atoms with Crippen molar-refractivity contribution in [3.8, 4) is 0 Å². The molecule has 0 aliphatic carbocycles. The molecule has 2 nitrogen and oxygen atoms in total. The van der Waals surface area contributed by atoms with Crippen LogP contribution in [-0.4, -0.2) is 43.5 Å². The molecular weight excluding hydrogens is 172 g/mol. The van der Waals surface area contributed by atoms with Gasteiger partial charge in [-0.05, 0) is 34.4 Å². The lowest BCUT2D eigenvalue weighted by Crippen LogP contribution is -2.42. The molecule has 0 aliphatic rings. The predicted octanol–water partition coefficient (Wildman–Crippen LogP) is 1.55. The first kappa shape index (κ1) is 12.2. The summed E-state index contributed by atoms with van der Waals surface area (Å²) in [5, 5.41) is 3.47. The molecule has 74 valence electrons. The third-order valence-corrected chi connectivity index (χ3v) is 2.07. The van der Waals surface area contributed by atoms with Crippen LogP contribution < -0.4 is 5.32 Å². The van der Waals surface area contributed by atoms with Crippen molar-refractivity contribution in [3.05, 3.63) is 0 Å². The Morgan fingerprint density at radius 1 is 1.33 bits per heavy atom. The van der Waals surface area contributed by atoms with Crippen molar-refractivity contribution in [2.24, 2.45) is 0 Å². The Balaban J connectivity index is 3.46. The molecule has 0 amide bonds. The van der Waals surface area contributed by atoms with E-state index in [2.05, 4.69) is 38.2 Å². The van der Waals surface area contributed by atoms with Crippen LogP contribution in [0.2, 0.25) is 0 Å². The largest absolute Gasteiger partial charge is 0.310 e. The van der Waals surface area contributed by atoms with Crippen LogP contribution in [0.4, 0.5) is 0 Å². The molecule has 0 fully saturated rings. The molecule has 3 heteroatoms. The average Bonchev–Trinajstić information content (AvgIpc) is 1.85. The SMILES string of the molecule is CN(C)CCNC(C)(C)CCCl. The summed E-state index contributed by atoms with van der Waals surface area (Å²) in [6, 6.07) is 0. The highest BCUT2D eigenvalue weighted by molar-refractivity contribution is 6.17. The molecule has 0 aliphatic heterocycles. The molecule has 0 radical (unpaired) electrons. The molecule has 0 bridgehead atoms. The summed E-state index contributed by atoms with van der Waals surface area (Å²) in [7, 11) is 4.16. The number of hydrogen-bond donors (Lipinski definition) is 1. The van der Waals surface area contributed by atoms with Crippen LogP contribution in [-0.2, 0) is 0 Å². The van der Waals surface area contributed by atoms with Gasteiger partial charge in [0.25, 0.3) is 0 Å². The van der Waals surface area contributed by atoms with Gasteiger partial charge in [0.15, 0.2) is 0 Å². The molecule has 0 atom stereocenters. The highest BCUT2D eigenvalue weighted by Gasteiger charge is 2.14. The highest BCUT2D eigenvalue weighted by Crippen LogP contribution is 2.08. The van der Waals surface area contributed by atoms with Crippen LogP contribution >= 0.6 is 11.6 Å². The van der Waals surface area contributed by atoms with E-state index in [4.69, 9.17) is 11.6 Å². The van der Waals surface area contributed by atoms with Crippen molar-refractivity contribution < 1.29 is 0 Å². The zero-order chi connectivity index (χ0) is 9.61. The quantitative estimate of drug-likeness (QED) is 0.643. The lowest BCUT2D eigenvalue weighted by molar-refractivity contribution is 0.333. The molecular formula is C9H21ClN2. The normalized spacial score (nSPS) is 12.5. The van der Waals surface area contributed by atoms with Gasteiger partial charge in [0.05, 0.1) is 0 Å². The topological polar surface area (TPSA) is 15.3 Å². The summed E-state index contributed by atoms with van der Waals surface area (Å²) in [5.74, 6) is 0.724. The molecule has 0 rings (SSSR count). The first-order valence-corrected chi connectivity index (χ1v) is 4.97. The van der Waals surface area contributed by atoms with Crippen LogP contribution in [0, 0.1) is 0 Å². The summed E-state index contributed by atoms with van der Waals surface area (Å²) in [4.78, 5) is 2.17. The molecule has 0 aromatic carbocycles. The van der Waals surface area contributed by atoms with E-state index in [0.29, 0.717) is 0 Å². The van der Waals surface area contributed by atoms with Gasteiger partial charge in [0, 0.05) is 24.5 Å². The third kappa shape index (κ3) is 6.89. The minimum Gasteiger partial charge on any atom is -0.310 e. The summed E-state index contributed by atoms with van der Waals surface area (Å²) in [5.41, 5.74) is 0.178. The standard InChI is InChI=1S/C9H21ClN2/c1-9(2,5-6-10)11-7-8-12(3)4/h11H,5-8H2,1-4H3. The highest BCUT2D eigenvalue weighted by atomic mass is 35.5. The summed E-state index contributed by atoms with van der Waals surface area (Å²) in [6.45, 7) is 6.47. The Morgan fingerprint density at radius 3 is 2.33 bits per heavy atom. The Hall–Kier alpha value is 0.210. The number of rotatable bonds is 6. The van der Waals surface area contributed by atoms with Gasteiger partial charge >= 0.3 is 0 Å². The maximum atomic E-state index is 5.68. The number of halogens is 1. The second-order valence-corrected chi connectivity index (χ2v) is 4.43. The Kier molecular flexibility index (Phi) is 5.89. The number of nitrogens with zero attached hydrogens (tertiary/aromatic N) is 1. The van der Waals surface area contributed by atoms with Crippen LogP contribution in [0.1, 0.15) is 20.3 Å². The maximum absolute atomic E-state index is 5.68. The second-order valence-electron chi connectivity index (χ2n) is 4.05. The summed E-state index contributed by atoms with van der Waals surface area (Å²) in [6.07, 6.45) is 1.02. The fourth-order valence-electron chi connectivity index (χ4n) is 0.943. The molecule has 0 spiro atoms.